The summed E-state index contributed by atoms with van der Waals surface area (Å²) in [7, 11) is 0. The molecular weight excluding hydrogens is 430 g/mol. The molecular formula is C27H27N3O4. The first kappa shape index (κ1) is 23.2. The van der Waals surface area contributed by atoms with E-state index in [0.717, 1.165) is 30.0 Å². The van der Waals surface area contributed by atoms with Crippen LogP contribution in [0.25, 0.3) is 21.5 Å². The van der Waals surface area contributed by atoms with Gasteiger partial charge in [-0.15, -0.1) is 0 Å². The van der Waals surface area contributed by atoms with Gasteiger partial charge in [0, 0.05) is 17.6 Å². The van der Waals surface area contributed by atoms with Crippen molar-refractivity contribution in [3.05, 3.63) is 82.8 Å². The fourth-order valence-electron chi connectivity index (χ4n) is 3.83. The highest BCUT2D eigenvalue weighted by Gasteiger charge is 2.23. The van der Waals surface area contributed by atoms with Crippen LogP contribution in [0.5, 0.6) is 0 Å². The predicted octanol–water partition coefficient (Wildman–Crippen LogP) is 4.92. The van der Waals surface area contributed by atoms with Crippen molar-refractivity contribution < 1.29 is 14.3 Å². The zero-order valence-electron chi connectivity index (χ0n) is 19.3. The summed E-state index contributed by atoms with van der Waals surface area (Å²) in [6.07, 6.45) is 1.68. The van der Waals surface area contributed by atoms with Gasteiger partial charge in [-0.05, 0) is 42.3 Å². The minimum absolute atomic E-state index is 0.0250. The Hall–Kier alpha value is -4.00. The van der Waals surface area contributed by atoms with E-state index in [9.17, 15) is 14.4 Å². The van der Waals surface area contributed by atoms with Crippen LogP contribution in [-0.2, 0) is 16.1 Å². The number of nitrogens with one attached hydrogen (secondary N) is 1. The van der Waals surface area contributed by atoms with Gasteiger partial charge in [-0.2, -0.15) is 5.10 Å². The number of aryl methyl sites for hydroxylation is 1. The molecule has 0 saturated carbocycles. The average Bonchev–Trinajstić information content (AvgIpc) is 2.85. The number of fused-ring (bicyclic) bond motifs is 2. The molecule has 0 aliphatic heterocycles. The van der Waals surface area contributed by atoms with Crippen LogP contribution in [0.4, 0.5) is 5.69 Å². The van der Waals surface area contributed by atoms with E-state index in [1.807, 2.05) is 36.4 Å². The van der Waals surface area contributed by atoms with E-state index < -0.39 is 18.0 Å². The predicted molar refractivity (Wildman–Crippen MR) is 133 cm³/mol. The molecule has 1 heterocycles. The van der Waals surface area contributed by atoms with Crippen LogP contribution in [-0.4, -0.2) is 27.8 Å². The first-order valence-electron chi connectivity index (χ1n) is 11.5. The summed E-state index contributed by atoms with van der Waals surface area (Å²) in [6.45, 7) is 3.99. The Morgan fingerprint density at radius 2 is 1.68 bits per heavy atom. The molecule has 0 spiro atoms. The fraction of sp³-hybridized carbons (Fsp3) is 0.259. The van der Waals surface area contributed by atoms with E-state index in [2.05, 4.69) is 17.3 Å². The minimum atomic E-state index is -1.06. The Morgan fingerprint density at radius 1 is 0.971 bits per heavy atom. The van der Waals surface area contributed by atoms with Crippen molar-refractivity contribution in [2.24, 2.45) is 0 Å². The molecule has 0 aliphatic rings. The van der Waals surface area contributed by atoms with Crippen molar-refractivity contribution in [3.8, 4) is 0 Å². The second kappa shape index (κ2) is 10.3. The summed E-state index contributed by atoms with van der Waals surface area (Å²) >= 11 is 0. The lowest BCUT2D eigenvalue weighted by Gasteiger charge is -2.15. The number of anilines is 1. The van der Waals surface area contributed by atoms with Gasteiger partial charge >= 0.3 is 5.97 Å². The Morgan fingerprint density at radius 3 is 2.44 bits per heavy atom. The number of rotatable bonds is 8. The normalized spacial score (nSPS) is 11.9. The van der Waals surface area contributed by atoms with Crippen molar-refractivity contribution in [3.63, 3.8) is 0 Å². The Balaban J connectivity index is 1.53. The summed E-state index contributed by atoms with van der Waals surface area (Å²) in [5.74, 6) is -1.20. The molecule has 1 amide bonds. The maximum absolute atomic E-state index is 13.0. The van der Waals surface area contributed by atoms with Crippen molar-refractivity contribution in [1.29, 1.82) is 0 Å². The van der Waals surface area contributed by atoms with E-state index in [1.54, 1.807) is 30.3 Å². The second-order valence-electron chi connectivity index (χ2n) is 8.23. The highest BCUT2D eigenvalue weighted by Crippen LogP contribution is 2.20. The van der Waals surface area contributed by atoms with Gasteiger partial charge in [-0.3, -0.25) is 9.59 Å². The number of benzene rings is 3. The molecule has 1 unspecified atom stereocenters. The van der Waals surface area contributed by atoms with E-state index in [-0.39, 0.29) is 11.3 Å². The maximum Gasteiger partial charge on any atom is 0.360 e. The van der Waals surface area contributed by atoms with Gasteiger partial charge in [0.1, 0.15) is 0 Å². The van der Waals surface area contributed by atoms with Gasteiger partial charge in [-0.1, -0.05) is 68.3 Å². The molecule has 174 valence electrons. The number of ether oxygens (including phenoxy) is 1. The molecule has 0 aliphatic carbocycles. The van der Waals surface area contributed by atoms with E-state index >= 15 is 0 Å². The largest absolute Gasteiger partial charge is 0.448 e. The van der Waals surface area contributed by atoms with Gasteiger partial charge < -0.3 is 10.1 Å². The zero-order chi connectivity index (χ0) is 24.1. The third kappa shape index (κ3) is 4.98. The van der Waals surface area contributed by atoms with Gasteiger partial charge in [0.25, 0.3) is 11.5 Å². The summed E-state index contributed by atoms with van der Waals surface area (Å²) in [6, 6.07) is 20.2. The third-order valence-corrected chi connectivity index (χ3v) is 5.70. The Labute approximate surface area is 197 Å². The topological polar surface area (TPSA) is 90.3 Å². The van der Waals surface area contributed by atoms with Crippen LogP contribution in [0.2, 0.25) is 0 Å². The molecule has 0 radical (unpaired) electrons. The molecule has 7 nitrogen and oxygen atoms in total. The van der Waals surface area contributed by atoms with Crippen LogP contribution < -0.4 is 10.9 Å². The van der Waals surface area contributed by atoms with E-state index in [1.165, 1.54) is 11.6 Å². The van der Waals surface area contributed by atoms with E-state index in [4.69, 9.17) is 4.74 Å². The lowest BCUT2D eigenvalue weighted by Crippen LogP contribution is -2.32. The SMILES string of the molecule is CCCCCn1nc(C(=O)OC(C)C(=O)Nc2ccc3ccccc3c2)c2ccccc2c1=O. The molecule has 7 heteroatoms. The molecule has 1 aromatic heterocycles. The minimum Gasteiger partial charge on any atom is -0.448 e. The fourth-order valence-corrected chi connectivity index (χ4v) is 3.83. The van der Waals surface area contributed by atoms with Crippen LogP contribution in [0.3, 0.4) is 0 Å². The molecule has 4 aromatic rings. The standard InChI is InChI=1S/C27H27N3O4/c1-3-4-9-16-30-26(32)23-13-8-7-12-22(23)24(29-30)27(33)34-18(2)25(31)28-21-15-14-19-10-5-6-11-20(19)17-21/h5-8,10-15,17-18H,3-4,9,16H2,1-2H3,(H,28,31). The lowest BCUT2D eigenvalue weighted by atomic mass is 10.1. The van der Waals surface area contributed by atoms with Crippen LogP contribution in [0, 0.1) is 0 Å². The van der Waals surface area contributed by atoms with Crippen molar-refractivity contribution >= 4 is 39.1 Å². The average molecular weight is 458 g/mol. The van der Waals surface area contributed by atoms with Crippen molar-refractivity contribution in [2.45, 2.75) is 45.8 Å². The van der Waals surface area contributed by atoms with Crippen molar-refractivity contribution in [1.82, 2.24) is 9.78 Å². The Kier molecular flexibility index (Phi) is 7.01. The van der Waals surface area contributed by atoms with Gasteiger partial charge in [-0.25, -0.2) is 9.48 Å². The summed E-state index contributed by atoms with van der Waals surface area (Å²) in [4.78, 5) is 38.5. The number of carbonyl (C=O) groups is 2. The number of nitrogens with zero attached hydrogens (tertiary/aromatic N) is 2. The molecule has 4 rings (SSSR count). The zero-order valence-corrected chi connectivity index (χ0v) is 19.3. The van der Waals surface area contributed by atoms with Crippen LogP contribution >= 0.6 is 0 Å². The van der Waals surface area contributed by atoms with Gasteiger partial charge in [0.05, 0.1) is 5.39 Å². The number of hydrogen-bond acceptors (Lipinski definition) is 5. The van der Waals surface area contributed by atoms with Crippen molar-refractivity contribution in [2.75, 3.05) is 5.32 Å². The smallest absolute Gasteiger partial charge is 0.360 e. The third-order valence-electron chi connectivity index (χ3n) is 5.70. The molecule has 3 aromatic carbocycles. The first-order chi connectivity index (χ1) is 16.5. The monoisotopic (exact) mass is 457 g/mol. The molecule has 0 fully saturated rings. The number of hydrogen-bond donors (Lipinski definition) is 1. The van der Waals surface area contributed by atoms with Gasteiger partial charge in [0.2, 0.25) is 0 Å². The molecule has 34 heavy (non-hydrogen) atoms. The maximum atomic E-state index is 13.0. The first-order valence-corrected chi connectivity index (χ1v) is 11.5. The van der Waals surface area contributed by atoms with E-state index in [0.29, 0.717) is 23.0 Å². The summed E-state index contributed by atoms with van der Waals surface area (Å²) in [5.41, 5.74) is 0.391. The summed E-state index contributed by atoms with van der Waals surface area (Å²) in [5, 5.41) is 9.95. The van der Waals surface area contributed by atoms with Crippen LogP contribution in [0.15, 0.2) is 71.5 Å². The number of unbranched alkanes of at least 4 members (excludes halogenated alkanes) is 2. The second-order valence-corrected chi connectivity index (χ2v) is 8.23. The molecule has 0 bridgehead atoms. The number of carbonyl (C=O) groups excluding carboxylic acids is 2. The Bertz CT molecular complexity index is 1410. The number of esters is 1. The molecule has 1 atom stereocenters. The highest BCUT2D eigenvalue weighted by atomic mass is 16.5. The highest BCUT2D eigenvalue weighted by molar-refractivity contribution is 6.04. The number of amides is 1. The molecule has 1 N–H and O–H groups in total. The summed E-state index contributed by atoms with van der Waals surface area (Å²) < 4.78 is 6.77. The number of aromatic nitrogens is 2. The lowest BCUT2D eigenvalue weighted by molar-refractivity contribution is -0.123. The van der Waals surface area contributed by atoms with Crippen LogP contribution in [0.1, 0.15) is 43.6 Å². The molecule has 0 saturated heterocycles. The van der Waals surface area contributed by atoms with Gasteiger partial charge in [0.15, 0.2) is 11.8 Å². The quantitative estimate of drug-likeness (QED) is 0.299.